The van der Waals surface area contributed by atoms with Gasteiger partial charge in [-0.1, -0.05) is 11.3 Å². The van der Waals surface area contributed by atoms with Crippen LogP contribution in [0.25, 0.3) is 0 Å². The molecule has 0 aliphatic rings. The minimum absolute atomic E-state index is 0.273. The van der Waals surface area contributed by atoms with Crippen molar-refractivity contribution in [2.75, 3.05) is 12.4 Å². The number of methoxy groups -OCH3 is 1. The van der Waals surface area contributed by atoms with Crippen molar-refractivity contribution in [2.24, 2.45) is 0 Å². The van der Waals surface area contributed by atoms with Crippen molar-refractivity contribution in [1.82, 2.24) is 4.98 Å². The maximum absolute atomic E-state index is 11.3. The van der Waals surface area contributed by atoms with Crippen LogP contribution >= 0.6 is 22.7 Å². The first kappa shape index (κ1) is 14.0. The second-order valence-electron chi connectivity index (χ2n) is 4.28. The zero-order valence-corrected chi connectivity index (χ0v) is 12.7. The molecule has 0 spiro atoms. The third kappa shape index (κ3) is 3.78. The van der Waals surface area contributed by atoms with E-state index in [9.17, 15) is 4.79 Å². The van der Waals surface area contributed by atoms with Crippen molar-refractivity contribution in [1.29, 1.82) is 0 Å². The van der Waals surface area contributed by atoms with E-state index in [-0.39, 0.29) is 12.0 Å². The summed E-state index contributed by atoms with van der Waals surface area (Å²) in [4.78, 5) is 18.7. The normalized spacial score (nSPS) is 12.2. The number of thiophene rings is 1. The van der Waals surface area contributed by atoms with Gasteiger partial charge in [-0.25, -0.2) is 9.78 Å². The summed E-state index contributed by atoms with van der Waals surface area (Å²) in [5.74, 6) is -0.341. The Hall–Kier alpha value is -1.40. The number of hydrogen-bond donors (Lipinski definition) is 1. The molecule has 1 unspecified atom stereocenters. The van der Waals surface area contributed by atoms with E-state index in [1.54, 1.807) is 6.20 Å². The van der Waals surface area contributed by atoms with Gasteiger partial charge >= 0.3 is 5.97 Å². The molecular weight excluding hydrogens is 280 g/mol. The fourth-order valence-corrected chi connectivity index (χ4v) is 3.56. The number of esters is 1. The summed E-state index contributed by atoms with van der Waals surface area (Å²) in [7, 11) is 1.37. The van der Waals surface area contributed by atoms with Crippen LogP contribution in [0.4, 0.5) is 5.13 Å². The molecule has 0 saturated carbocycles. The third-order valence-electron chi connectivity index (χ3n) is 2.57. The summed E-state index contributed by atoms with van der Waals surface area (Å²) in [6.45, 7) is 4.21. The van der Waals surface area contributed by atoms with Crippen LogP contribution in [-0.2, 0) is 11.2 Å². The smallest absolute Gasteiger partial charge is 0.349 e. The zero-order chi connectivity index (χ0) is 13.8. The SMILES string of the molecule is COC(=O)c1cnc(NC(C)Cc2ccc(C)s2)s1. The lowest BCUT2D eigenvalue weighted by Gasteiger charge is -2.11. The highest BCUT2D eigenvalue weighted by molar-refractivity contribution is 7.17. The highest BCUT2D eigenvalue weighted by atomic mass is 32.1. The largest absolute Gasteiger partial charge is 0.465 e. The average molecular weight is 296 g/mol. The Morgan fingerprint density at radius 1 is 1.47 bits per heavy atom. The number of aromatic nitrogens is 1. The van der Waals surface area contributed by atoms with Crippen molar-refractivity contribution in [3.63, 3.8) is 0 Å². The van der Waals surface area contributed by atoms with E-state index in [1.165, 1.54) is 28.2 Å². The molecular formula is C13H16N2O2S2. The topological polar surface area (TPSA) is 51.2 Å². The quantitative estimate of drug-likeness (QED) is 0.860. The number of nitrogens with one attached hydrogen (secondary N) is 1. The Labute approximate surface area is 120 Å². The Bertz CT molecular complexity index is 562. The highest BCUT2D eigenvalue weighted by Gasteiger charge is 2.12. The first-order valence-corrected chi connectivity index (χ1v) is 7.57. The average Bonchev–Trinajstić information content (AvgIpc) is 2.98. The maximum atomic E-state index is 11.3. The maximum Gasteiger partial charge on any atom is 0.349 e. The molecule has 0 fully saturated rings. The molecule has 4 nitrogen and oxygen atoms in total. The van der Waals surface area contributed by atoms with Crippen LogP contribution in [0, 0.1) is 6.92 Å². The summed E-state index contributed by atoms with van der Waals surface area (Å²) in [5.41, 5.74) is 0. The molecule has 2 aromatic heterocycles. The molecule has 0 aliphatic heterocycles. The van der Waals surface area contributed by atoms with E-state index in [2.05, 4.69) is 41.0 Å². The number of carbonyl (C=O) groups excluding carboxylic acids is 1. The summed E-state index contributed by atoms with van der Waals surface area (Å²) >= 11 is 3.13. The van der Waals surface area contributed by atoms with Gasteiger partial charge in [0.25, 0.3) is 0 Å². The molecule has 102 valence electrons. The number of anilines is 1. The molecule has 2 heterocycles. The summed E-state index contributed by atoms with van der Waals surface area (Å²) in [6, 6.07) is 4.56. The molecule has 0 aromatic carbocycles. The number of rotatable bonds is 5. The van der Waals surface area contributed by atoms with Gasteiger partial charge in [0, 0.05) is 22.2 Å². The first-order valence-electron chi connectivity index (χ1n) is 5.94. The van der Waals surface area contributed by atoms with E-state index < -0.39 is 0 Å². The van der Waals surface area contributed by atoms with Crippen LogP contribution < -0.4 is 5.32 Å². The minimum Gasteiger partial charge on any atom is -0.465 e. The number of aryl methyl sites for hydroxylation is 1. The van der Waals surface area contributed by atoms with Gasteiger partial charge in [-0.15, -0.1) is 11.3 Å². The zero-order valence-electron chi connectivity index (χ0n) is 11.1. The Kier molecular flexibility index (Phi) is 4.55. The third-order valence-corrected chi connectivity index (χ3v) is 4.50. The number of carbonyl (C=O) groups is 1. The van der Waals surface area contributed by atoms with Gasteiger partial charge in [-0.3, -0.25) is 0 Å². The molecule has 0 aliphatic carbocycles. The standard InChI is InChI=1S/C13H16N2O2S2/c1-8(6-10-5-4-9(2)18-10)15-13-14-7-11(19-13)12(16)17-3/h4-5,7-8H,6H2,1-3H3,(H,14,15). The van der Waals surface area contributed by atoms with Crippen LogP contribution in [0.5, 0.6) is 0 Å². The highest BCUT2D eigenvalue weighted by Crippen LogP contribution is 2.22. The molecule has 2 aromatic rings. The van der Waals surface area contributed by atoms with Crippen molar-refractivity contribution in [2.45, 2.75) is 26.3 Å². The van der Waals surface area contributed by atoms with Gasteiger partial charge < -0.3 is 10.1 Å². The molecule has 2 rings (SSSR count). The molecule has 0 bridgehead atoms. The van der Waals surface area contributed by atoms with Crippen LogP contribution in [0.2, 0.25) is 0 Å². The molecule has 6 heteroatoms. The van der Waals surface area contributed by atoms with Crippen molar-refractivity contribution >= 4 is 33.8 Å². The van der Waals surface area contributed by atoms with Crippen LogP contribution in [0.3, 0.4) is 0 Å². The van der Waals surface area contributed by atoms with Gasteiger partial charge in [-0.05, 0) is 26.0 Å². The Morgan fingerprint density at radius 2 is 2.26 bits per heavy atom. The second kappa shape index (κ2) is 6.16. The van der Waals surface area contributed by atoms with Crippen molar-refractivity contribution in [3.05, 3.63) is 33.0 Å². The van der Waals surface area contributed by atoms with Crippen LogP contribution in [-0.4, -0.2) is 24.1 Å². The van der Waals surface area contributed by atoms with Crippen molar-refractivity contribution < 1.29 is 9.53 Å². The number of ether oxygens (including phenoxy) is 1. The molecule has 0 saturated heterocycles. The second-order valence-corrected chi connectivity index (χ2v) is 6.69. The first-order chi connectivity index (χ1) is 9.08. The molecule has 0 radical (unpaired) electrons. The molecule has 0 amide bonds. The molecule has 1 N–H and O–H groups in total. The summed E-state index contributed by atoms with van der Waals surface area (Å²) in [5, 5.41) is 4.06. The van der Waals surface area contributed by atoms with E-state index in [0.717, 1.165) is 11.6 Å². The molecule has 1 atom stereocenters. The number of hydrogen-bond acceptors (Lipinski definition) is 6. The summed E-state index contributed by atoms with van der Waals surface area (Å²) in [6.07, 6.45) is 2.49. The predicted molar refractivity (Wildman–Crippen MR) is 79.3 cm³/mol. The monoisotopic (exact) mass is 296 g/mol. The van der Waals surface area contributed by atoms with Gasteiger partial charge in [0.2, 0.25) is 0 Å². The van der Waals surface area contributed by atoms with Gasteiger partial charge in [0.15, 0.2) is 5.13 Å². The summed E-state index contributed by atoms with van der Waals surface area (Å²) < 4.78 is 4.66. The van der Waals surface area contributed by atoms with Crippen molar-refractivity contribution in [3.8, 4) is 0 Å². The predicted octanol–water partition coefficient (Wildman–Crippen LogP) is 3.34. The van der Waals surface area contributed by atoms with E-state index in [4.69, 9.17) is 0 Å². The Balaban J connectivity index is 1.93. The van der Waals surface area contributed by atoms with Gasteiger partial charge in [0.05, 0.1) is 13.3 Å². The lowest BCUT2D eigenvalue weighted by molar-refractivity contribution is 0.0606. The lowest BCUT2D eigenvalue weighted by atomic mass is 10.2. The van der Waals surface area contributed by atoms with Gasteiger partial charge in [-0.2, -0.15) is 0 Å². The number of nitrogens with zero attached hydrogens (tertiary/aromatic N) is 1. The molecule has 19 heavy (non-hydrogen) atoms. The van der Waals surface area contributed by atoms with E-state index in [0.29, 0.717) is 4.88 Å². The van der Waals surface area contributed by atoms with Crippen LogP contribution in [0.15, 0.2) is 18.3 Å². The Morgan fingerprint density at radius 3 is 2.89 bits per heavy atom. The van der Waals surface area contributed by atoms with E-state index >= 15 is 0 Å². The number of thiazole rings is 1. The fraction of sp³-hybridized carbons (Fsp3) is 0.385. The fourth-order valence-electron chi connectivity index (χ4n) is 1.69. The van der Waals surface area contributed by atoms with E-state index in [1.807, 2.05) is 11.3 Å². The minimum atomic E-state index is -0.341. The lowest BCUT2D eigenvalue weighted by Crippen LogP contribution is -2.17. The van der Waals surface area contributed by atoms with Crippen LogP contribution in [0.1, 0.15) is 26.3 Å². The van der Waals surface area contributed by atoms with Gasteiger partial charge in [0.1, 0.15) is 4.88 Å².